The highest BCUT2D eigenvalue weighted by atomic mass is 16.5. The number of ether oxygens (including phenoxy) is 2. The molecule has 0 spiro atoms. The lowest BCUT2D eigenvalue weighted by Gasteiger charge is -2.32. The van der Waals surface area contributed by atoms with Crippen LogP contribution in [0.1, 0.15) is 18.4 Å². The molecule has 2 N–H and O–H groups in total. The minimum Gasteiger partial charge on any atom is -0.496 e. The van der Waals surface area contributed by atoms with Crippen molar-refractivity contribution in [2.75, 3.05) is 33.9 Å². The quantitative estimate of drug-likeness (QED) is 0.882. The molecule has 1 saturated heterocycles. The van der Waals surface area contributed by atoms with E-state index >= 15 is 0 Å². The number of rotatable bonds is 5. The molecule has 0 amide bonds. The third kappa shape index (κ3) is 3.39. The van der Waals surface area contributed by atoms with Crippen LogP contribution >= 0.6 is 0 Å². The molecule has 1 aromatic rings. The number of likely N-dealkylation sites (tertiary alicyclic amines) is 1. The van der Waals surface area contributed by atoms with Crippen LogP contribution in [0.15, 0.2) is 18.2 Å². The van der Waals surface area contributed by atoms with Crippen LogP contribution in [0.5, 0.6) is 11.5 Å². The lowest BCUT2D eigenvalue weighted by Crippen LogP contribution is -2.35. The van der Waals surface area contributed by atoms with Gasteiger partial charge in [0.05, 0.1) is 19.8 Å². The molecule has 19 heavy (non-hydrogen) atoms. The molecular formula is C15H24N2O2. The fourth-order valence-electron chi connectivity index (χ4n) is 2.69. The first-order chi connectivity index (χ1) is 9.28. The van der Waals surface area contributed by atoms with Crippen molar-refractivity contribution < 1.29 is 9.47 Å². The Hall–Kier alpha value is -1.26. The lowest BCUT2D eigenvalue weighted by molar-refractivity contribution is 0.177. The van der Waals surface area contributed by atoms with E-state index in [0.717, 1.165) is 43.2 Å². The monoisotopic (exact) mass is 264 g/mol. The zero-order chi connectivity index (χ0) is 13.7. The van der Waals surface area contributed by atoms with E-state index in [2.05, 4.69) is 4.90 Å². The van der Waals surface area contributed by atoms with Crippen molar-refractivity contribution in [3.8, 4) is 11.5 Å². The molecule has 1 heterocycles. The first-order valence-electron chi connectivity index (χ1n) is 6.90. The minimum absolute atomic E-state index is 0.691. The van der Waals surface area contributed by atoms with Gasteiger partial charge in [0.2, 0.25) is 0 Å². The first kappa shape index (κ1) is 14.2. The summed E-state index contributed by atoms with van der Waals surface area (Å²) in [6, 6.07) is 5.94. The number of hydrogen-bond acceptors (Lipinski definition) is 4. The molecule has 2 rings (SSSR count). The maximum absolute atomic E-state index is 5.73. The Balaban J connectivity index is 2.06. The molecule has 0 bridgehead atoms. The summed E-state index contributed by atoms with van der Waals surface area (Å²) in [6.45, 7) is 3.89. The van der Waals surface area contributed by atoms with E-state index < -0.39 is 0 Å². The number of piperidine rings is 1. The maximum atomic E-state index is 5.73. The fraction of sp³-hybridized carbons (Fsp3) is 0.600. The van der Waals surface area contributed by atoms with Crippen LogP contribution in [0.3, 0.4) is 0 Å². The summed E-state index contributed by atoms with van der Waals surface area (Å²) in [6.07, 6.45) is 2.38. The molecular weight excluding hydrogens is 240 g/mol. The van der Waals surface area contributed by atoms with Crippen molar-refractivity contribution in [2.24, 2.45) is 11.7 Å². The molecule has 1 aliphatic rings. The molecule has 0 radical (unpaired) electrons. The molecule has 0 saturated carbocycles. The zero-order valence-corrected chi connectivity index (χ0v) is 11.9. The second-order valence-corrected chi connectivity index (χ2v) is 5.10. The van der Waals surface area contributed by atoms with Gasteiger partial charge in [-0.05, 0) is 50.5 Å². The van der Waals surface area contributed by atoms with Crippen LogP contribution in [0.25, 0.3) is 0 Å². The molecule has 0 unspecified atom stereocenters. The molecule has 1 aromatic carbocycles. The van der Waals surface area contributed by atoms with E-state index in [-0.39, 0.29) is 0 Å². The van der Waals surface area contributed by atoms with Gasteiger partial charge in [-0.1, -0.05) is 6.07 Å². The van der Waals surface area contributed by atoms with Crippen molar-refractivity contribution >= 4 is 0 Å². The second kappa shape index (κ2) is 6.78. The molecule has 0 atom stereocenters. The first-order valence-corrected chi connectivity index (χ1v) is 6.90. The highest BCUT2D eigenvalue weighted by Crippen LogP contribution is 2.30. The van der Waals surface area contributed by atoms with E-state index in [1.165, 1.54) is 12.8 Å². The molecule has 0 aliphatic carbocycles. The van der Waals surface area contributed by atoms with Crippen molar-refractivity contribution in [1.29, 1.82) is 0 Å². The Morgan fingerprint density at radius 2 is 1.74 bits per heavy atom. The standard InChI is InChI=1S/C15H24N2O2/c1-18-14-4-3-5-15(19-2)13(14)11-17-8-6-12(10-16)7-9-17/h3-5,12H,6-11,16H2,1-2H3. The van der Waals surface area contributed by atoms with Gasteiger partial charge in [0.25, 0.3) is 0 Å². The Kier molecular flexibility index (Phi) is 5.05. The van der Waals surface area contributed by atoms with Crippen molar-refractivity contribution in [3.05, 3.63) is 23.8 Å². The number of benzene rings is 1. The Morgan fingerprint density at radius 1 is 1.16 bits per heavy atom. The summed E-state index contributed by atoms with van der Waals surface area (Å²) in [7, 11) is 3.41. The highest BCUT2D eigenvalue weighted by Gasteiger charge is 2.20. The predicted octanol–water partition coefficient (Wildman–Crippen LogP) is 1.87. The van der Waals surface area contributed by atoms with Crippen LogP contribution in [0.2, 0.25) is 0 Å². The van der Waals surface area contributed by atoms with E-state index in [4.69, 9.17) is 15.2 Å². The van der Waals surface area contributed by atoms with Crippen molar-refractivity contribution in [3.63, 3.8) is 0 Å². The lowest BCUT2D eigenvalue weighted by atomic mass is 9.96. The number of nitrogens with zero attached hydrogens (tertiary/aromatic N) is 1. The van der Waals surface area contributed by atoms with Gasteiger partial charge in [-0.25, -0.2) is 0 Å². The summed E-state index contributed by atoms with van der Waals surface area (Å²) in [5.41, 5.74) is 6.87. The van der Waals surface area contributed by atoms with Gasteiger partial charge in [-0.15, -0.1) is 0 Å². The van der Waals surface area contributed by atoms with Gasteiger partial charge in [0.15, 0.2) is 0 Å². The van der Waals surface area contributed by atoms with Gasteiger partial charge >= 0.3 is 0 Å². The summed E-state index contributed by atoms with van der Waals surface area (Å²) < 4.78 is 10.9. The van der Waals surface area contributed by atoms with Gasteiger partial charge < -0.3 is 15.2 Å². The number of hydrogen-bond donors (Lipinski definition) is 1. The van der Waals surface area contributed by atoms with E-state index in [0.29, 0.717) is 5.92 Å². The average Bonchev–Trinajstić information content (AvgIpc) is 2.48. The minimum atomic E-state index is 0.691. The van der Waals surface area contributed by atoms with E-state index in [1.807, 2.05) is 18.2 Å². The smallest absolute Gasteiger partial charge is 0.127 e. The van der Waals surface area contributed by atoms with Gasteiger partial charge in [-0.3, -0.25) is 4.90 Å². The topological polar surface area (TPSA) is 47.7 Å². The van der Waals surface area contributed by atoms with Crippen LogP contribution in [0, 0.1) is 5.92 Å². The zero-order valence-electron chi connectivity index (χ0n) is 11.9. The maximum Gasteiger partial charge on any atom is 0.127 e. The predicted molar refractivity (Wildman–Crippen MR) is 76.6 cm³/mol. The van der Waals surface area contributed by atoms with Gasteiger partial charge in [-0.2, -0.15) is 0 Å². The van der Waals surface area contributed by atoms with Crippen LogP contribution in [-0.2, 0) is 6.54 Å². The SMILES string of the molecule is COc1cccc(OC)c1CN1CCC(CN)CC1. The van der Waals surface area contributed by atoms with Crippen LogP contribution in [-0.4, -0.2) is 38.8 Å². The fourth-order valence-corrected chi connectivity index (χ4v) is 2.69. The summed E-state index contributed by atoms with van der Waals surface area (Å²) in [4.78, 5) is 2.45. The van der Waals surface area contributed by atoms with E-state index in [1.54, 1.807) is 14.2 Å². The Labute approximate surface area is 115 Å². The molecule has 4 heteroatoms. The van der Waals surface area contributed by atoms with Crippen molar-refractivity contribution in [2.45, 2.75) is 19.4 Å². The molecule has 1 fully saturated rings. The molecule has 4 nitrogen and oxygen atoms in total. The van der Waals surface area contributed by atoms with Crippen molar-refractivity contribution in [1.82, 2.24) is 4.90 Å². The summed E-state index contributed by atoms with van der Waals surface area (Å²) >= 11 is 0. The molecule has 0 aromatic heterocycles. The highest BCUT2D eigenvalue weighted by molar-refractivity contribution is 5.44. The Morgan fingerprint density at radius 3 is 2.21 bits per heavy atom. The molecule has 106 valence electrons. The summed E-state index contributed by atoms with van der Waals surface area (Å²) in [5, 5.41) is 0. The largest absolute Gasteiger partial charge is 0.496 e. The Bertz CT molecular complexity index is 379. The summed E-state index contributed by atoms with van der Waals surface area (Å²) in [5.74, 6) is 2.50. The van der Waals surface area contributed by atoms with E-state index in [9.17, 15) is 0 Å². The van der Waals surface area contributed by atoms with Crippen LogP contribution < -0.4 is 15.2 Å². The van der Waals surface area contributed by atoms with Gasteiger partial charge in [0.1, 0.15) is 11.5 Å². The second-order valence-electron chi connectivity index (χ2n) is 5.10. The molecule has 1 aliphatic heterocycles. The number of nitrogens with two attached hydrogens (primary N) is 1. The third-order valence-corrected chi connectivity index (χ3v) is 3.95. The normalized spacial score (nSPS) is 17.4. The van der Waals surface area contributed by atoms with Crippen LogP contribution in [0.4, 0.5) is 0 Å². The average molecular weight is 264 g/mol. The van der Waals surface area contributed by atoms with Gasteiger partial charge in [0, 0.05) is 6.54 Å². The third-order valence-electron chi connectivity index (χ3n) is 3.95. The number of methoxy groups -OCH3 is 2.